The van der Waals surface area contributed by atoms with Crippen LogP contribution < -0.4 is 0 Å². The van der Waals surface area contributed by atoms with Crippen LogP contribution in [0.2, 0.25) is 0 Å². The van der Waals surface area contributed by atoms with Gasteiger partial charge in [0.1, 0.15) is 0 Å². The Morgan fingerprint density at radius 3 is 2.17 bits per heavy atom. The number of fused-ring (bicyclic) bond motifs is 9. The van der Waals surface area contributed by atoms with Crippen molar-refractivity contribution in [1.29, 1.82) is 0 Å². The molecule has 300 valence electrons. The Morgan fingerprint density at radius 1 is 0.603 bits per heavy atom. The number of allylic oxidation sites excluding steroid dienone is 9. The number of thioether (sulfide) groups is 1. The molecule has 2 nitrogen and oxygen atoms in total. The summed E-state index contributed by atoms with van der Waals surface area (Å²) in [5.41, 5.74) is 15.0. The Kier molecular flexibility index (Phi) is 8.96. The minimum atomic E-state index is 0.165. The van der Waals surface area contributed by atoms with Gasteiger partial charge in [0, 0.05) is 68.4 Å². The van der Waals surface area contributed by atoms with Gasteiger partial charge in [0.25, 0.3) is 0 Å². The van der Waals surface area contributed by atoms with Gasteiger partial charge >= 0.3 is 0 Å². The molecule has 1 aliphatic heterocycles. The molecule has 63 heavy (non-hydrogen) atoms. The minimum absolute atomic E-state index is 0.165. The van der Waals surface area contributed by atoms with E-state index in [1.54, 1.807) is 0 Å². The number of hydrogen-bond acceptors (Lipinski definition) is 5. The third-order valence-electron chi connectivity index (χ3n) is 13.4. The maximum atomic E-state index is 5.65. The van der Waals surface area contributed by atoms with Crippen molar-refractivity contribution in [1.82, 2.24) is 9.97 Å². The van der Waals surface area contributed by atoms with Gasteiger partial charge in [-0.1, -0.05) is 164 Å². The quantitative estimate of drug-likeness (QED) is 0.167. The summed E-state index contributed by atoms with van der Waals surface area (Å²) in [7, 11) is 0. The Labute approximate surface area is 379 Å². The molecular weight excluding hydrogens is 821 g/mol. The standard InChI is InChI=1S/C58H40N2S3/c1-3-16-35(17-4-1)49-34-50(60-58(59-49)36-18-5-2-6-19-36)54-47(45-27-14-25-43-40-21-8-11-30-52(40)62-56(43)45)32-37(38-23-13-24-42-39-20-7-10-29-51(39)61-55(38)42)33-48(54)46-28-15-26-44-41-22-9-12-31-53(41)63-57(44)46/h1-12,14-23,25-32,34,37,44,57H,13,24,33H2. The highest BCUT2D eigenvalue weighted by atomic mass is 32.2. The van der Waals surface area contributed by atoms with E-state index in [2.05, 4.69) is 188 Å². The molecule has 9 aromatic rings. The summed E-state index contributed by atoms with van der Waals surface area (Å²) in [6.45, 7) is 0. The van der Waals surface area contributed by atoms with Crippen LogP contribution in [-0.2, 0) is 6.42 Å². The Hall–Kier alpha value is -6.37. The van der Waals surface area contributed by atoms with Gasteiger partial charge in [-0.3, -0.25) is 0 Å². The largest absolute Gasteiger partial charge is 0.228 e. The molecule has 4 heterocycles. The van der Waals surface area contributed by atoms with Gasteiger partial charge in [0.2, 0.25) is 0 Å². The SMILES string of the molecule is C1=CC2c3ccccc3SC2C(C2=C(c3cc(-c4ccccc4)nc(-c4ccccc4)n3)C(c3cccc4c3sc3ccccc34)=CC(C3=CCCc4c3sc3ccccc43)C2)=C1. The van der Waals surface area contributed by atoms with Crippen LogP contribution in [0.3, 0.4) is 0 Å². The van der Waals surface area contributed by atoms with E-state index in [0.717, 1.165) is 47.6 Å². The number of nitrogens with zero attached hydrogens (tertiary/aromatic N) is 2. The first-order valence-corrected chi connectivity index (χ1v) is 24.5. The molecule has 3 aliphatic carbocycles. The van der Waals surface area contributed by atoms with E-state index in [4.69, 9.17) is 9.97 Å². The summed E-state index contributed by atoms with van der Waals surface area (Å²) in [5.74, 6) is 1.20. The van der Waals surface area contributed by atoms with E-state index in [1.807, 2.05) is 34.4 Å². The fourth-order valence-corrected chi connectivity index (χ4v) is 14.6. The Bertz CT molecular complexity index is 3410. The molecular formula is C58H40N2S3. The smallest absolute Gasteiger partial charge is 0.160 e. The van der Waals surface area contributed by atoms with Crippen LogP contribution in [0.4, 0.5) is 0 Å². The Balaban J connectivity index is 1.11. The lowest BCUT2D eigenvalue weighted by molar-refractivity contribution is 0.772. The first kappa shape index (κ1) is 37.2. The van der Waals surface area contributed by atoms with Crippen LogP contribution >= 0.6 is 34.4 Å². The fourth-order valence-electron chi connectivity index (χ4n) is 10.5. The zero-order valence-electron chi connectivity index (χ0n) is 34.4. The zero-order chi connectivity index (χ0) is 41.4. The van der Waals surface area contributed by atoms with Crippen molar-refractivity contribution in [2.24, 2.45) is 5.92 Å². The van der Waals surface area contributed by atoms with Crippen LogP contribution in [0, 0.1) is 5.92 Å². The van der Waals surface area contributed by atoms with Gasteiger partial charge in [0.15, 0.2) is 5.82 Å². The summed E-state index contributed by atoms with van der Waals surface area (Å²) >= 11 is 5.93. The lowest BCUT2D eigenvalue weighted by Gasteiger charge is -2.34. The molecule has 3 aromatic heterocycles. The average molecular weight is 861 g/mol. The lowest BCUT2D eigenvalue weighted by atomic mass is 9.72. The number of benzene rings is 6. The number of aryl methyl sites for hydroxylation is 1. The van der Waals surface area contributed by atoms with Crippen molar-refractivity contribution < 1.29 is 0 Å². The molecule has 3 unspecified atom stereocenters. The van der Waals surface area contributed by atoms with Crippen molar-refractivity contribution in [2.45, 2.75) is 35.3 Å². The summed E-state index contributed by atoms with van der Waals surface area (Å²) < 4.78 is 4.01. The van der Waals surface area contributed by atoms with Crippen molar-refractivity contribution in [3.05, 3.63) is 227 Å². The molecule has 0 radical (unpaired) electrons. The molecule has 5 heteroatoms. The molecule has 13 rings (SSSR count). The van der Waals surface area contributed by atoms with Crippen molar-refractivity contribution >= 4 is 81.4 Å². The van der Waals surface area contributed by atoms with E-state index in [9.17, 15) is 0 Å². The second-order valence-corrected chi connectivity index (χ2v) is 20.2. The number of rotatable bonds is 6. The summed E-state index contributed by atoms with van der Waals surface area (Å²) in [6, 6.07) is 57.4. The molecule has 0 amide bonds. The second kappa shape index (κ2) is 15.2. The van der Waals surface area contributed by atoms with Crippen molar-refractivity contribution in [3.8, 4) is 22.6 Å². The van der Waals surface area contributed by atoms with Gasteiger partial charge in [-0.15, -0.1) is 34.4 Å². The van der Waals surface area contributed by atoms with Gasteiger partial charge < -0.3 is 0 Å². The summed E-state index contributed by atoms with van der Waals surface area (Å²) in [5, 5.41) is 4.29. The third kappa shape index (κ3) is 6.20. The fraction of sp³-hybridized carbons (Fsp3) is 0.103. The molecule has 0 fully saturated rings. The molecule has 0 spiro atoms. The lowest BCUT2D eigenvalue weighted by Crippen LogP contribution is -2.21. The summed E-state index contributed by atoms with van der Waals surface area (Å²) in [6.07, 6.45) is 15.4. The van der Waals surface area contributed by atoms with Gasteiger partial charge in [-0.25, -0.2) is 9.97 Å². The number of thiophene rings is 2. The molecule has 6 aromatic carbocycles. The van der Waals surface area contributed by atoms with Crippen LogP contribution in [0.1, 0.15) is 46.0 Å². The van der Waals surface area contributed by atoms with Gasteiger partial charge in [-0.05, 0) is 87.9 Å². The van der Waals surface area contributed by atoms with E-state index in [1.165, 1.54) is 84.6 Å². The minimum Gasteiger partial charge on any atom is -0.228 e. The van der Waals surface area contributed by atoms with Gasteiger partial charge in [0.05, 0.1) is 11.4 Å². The maximum absolute atomic E-state index is 5.65. The topological polar surface area (TPSA) is 25.8 Å². The predicted molar refractivity (Wildman–Crippen MR) is 269 cm³/mol. The highest BCUT2D eigenvalue weighted by Gasteiger charge is 2.40. The predicted octanol–water partition coefficient (Wildman–Crippen LogP) is 16.0. The third-order valence-corrected chi connectivity index (χ3v) is 17.3. The molecule has 4 aliphatic rings. The second-order valence-electron chi connectivity index (χ2n) is 16.9. The average Bonchev–Trinajstić information content (AvgIpc) is 4.06. The first-order valence-electron chi connectivity index (χ1n) is 21.9. The van der Waals surface area contributed by atoms with Crippen molar-refractivity contribution in [2.75, 3.05) is 0 Å². The summed E-state index contributed by atoms with van der Waals surface area (Å²) in [4.78, 5) is 13.8. The Morgan fingerprint density at radius 2 is 1.32 bits per heavy atom. The molecule has 0 N–H and O–H groups in total. The maximum Gasteiger partial charge on any atom is 0.160 e. The molecule has 0 bridgehead atoms. The highest BCUT2D eigenvalue weighted by molar-refractivity contribution is 8.00. The molecule has 0 saturated heterocycles. The van der Waals surface area contributed by atoms with E-state index >= 15 is 0 Å². The van der Waals surface area contributed by atoms with E-state index in [-0.39, 0.29) is 11.2 Å². The molecule has 3 atom stereocenters. The zero-order valence-corrected chi connectivity index (χ0v) is 36.8. The first-order chi connectivity index (χ1) is 31.2. The van der Waals surface area contributed by atoms with Gasteiger partial charge in [-0.2, -0.15) is 0 Å². The number of hydrogen-bond donors (Lipinski definition) is 0. The highest BCUT2D eigenvalue weighted by Crippen LogP contribution is 2.57. The van der Waals surface area contributed by atoms with Crippen LogP contribution in [-0.4, -0.2) is 15.2 Å². The number of aromatic nitrogens is 2. The van der Waals surface area contributed by atoms with Crippen molar-refractivity contribution in [3.63, 3.8) is 0 Å². The monoisotopic (exact) mass is 860 g/mol. The van der Waals surface area contributed by atoms with Crippen LogP contribution in [0.5, 0.6) is 0 Å². The van der Waals surface area contributed by atoms with E-state index in [0.29, 0.717) is 5.92 Å². The van der Waals surface area contributed by atoms with Crippen LogP contribution in [0.25, 0.3) is 69.6 Å². The molecule has 0 saturated carbocycles. The van der Waals surface area contributed by atoms with E-state index < -0.39 is 0 Å². The normalized spacial score (nSPS) is 19.2. The van der Waals surface area contributed by atoms with Crippen LogP contribution in [0.15, 0.2) is 204 Å².